The Hall–Kier alpha value is -1.38. The quantitative estimate of drug-likeness (QED) is 0.603. The number of aromatic nitrogens is 1. The minimum Gasteiger partial charge on any atom is -0.462 e. The summed E-state index contributed by atoms with van der Waals surface area (Å²) in [7, 11) is 0. The van der Waals surface area contributed by atoms with Gasteiger partial charge in [-0.2, -0.15) is 0 Å². The predicted octanol–water partition coefficient (Wildman–Crippen LogP) is 1.24. The zero-order chi connectivity index (χ0) is 7.84. The molecule has 0 amide bonds. The van der Waals surface area contributed by atoms with E-state index >= 15 is 0 Å². The van der Waals surface area contributed by atoms with Crippen LogP contribution in [0.1, 0.15) is 17.3 Å². The Morgan fingerprint density at radius 3 is 3.09 bits per heavy atom. The highest BCUT2D eigenvalue weighted by molar-refractivity contribution is 6.12. The number of ether oxygens (including phenoxy) is 1. The van der Waals surface area contributed by atoms with E-state index in [2.05, 4.69) is 4.98 Å². The van der Waals surface area contributed by atoms with Crippen molar-refractivity contribution in [3.63, 3.8) is 0 Å². The summed E-state index contributed by atoms with van der Waals surface area (Å²) in [6, 6.07) is 1.82. The Morgan fingerprint density at radius 2 is 2.55 bits per heavy atom. The Labute approximate surface area is 64.0 Å². The van der Waals surface area contributed by atoms with Crippen LogP contribution in [0.25, 0.3) is 11.3 Å². The predicted molar refractivity (Wildman–Crippen MR) is 39.2 cm³/mol. The average Bonchev–Trinajstić information content (AvgIpc) is 2.47. The summed E-state index contributed by atoms with van der Waals surface area (Å²) in [4.78, 5) is 15.0. The van der Waals surface area contributed by atoms with Gasteiger partial charge in [-0.1, -0.05) is 0 Å². The molecular weight excluding hydrogens is 142 g/mol. The van der Waals surface area contributed by atoms with E-state index in [1.165, 1.54) is 0 Å². The van der Waals surface area contributed by atoms with Crippen LogP contribution in [0.15, 0.2) is 12.3 Å². The van der Waals surface area contributed by atoms with Gasteiger partial charge < -0.3 is 4.74 Å². The van der Waals surface area contributed by atoms with Crippen molar-refractivity contribution in [3.8, 4) is 11.3 Å². The zero-order valence-electron chi connectivity index (χ0n) is 6.13. The largest absolute Gasteiger partial charge is 0.462 e. The number of pyridine rings is 1. The number of nitrogens with zero attached hydrogens (tertiary/aromatic N) is 1. The fraction of sp³-hybridized carbons (Fsp3) is 0.250. The molecule has 0 aromatic carbocycles. The van der Waals surface area contributed by atoms with E-state index in [-0.39, 0.29) is 5.97 Å². The number of hydrogen-bond acceptors (Lipinski definition) is 3. The first kappa shape index (κ1) is 6.34. The monoisotopic (exact) mass is 149 g/mol. The maximum atomic E-state index is 11.0. The Bertz CT molecular complexity index is 300. The van der Waals surface area contributed by atoms with Crippen LogP contribution in [0.5, 0.6) is 0 Å². The van der Waals surface area contributed by atoms with Crippen LogP contribution in [0.2, 0.25) is 0 Å². The standard InChI is InChI=1S/C8H7NO2/c1-2-11-8(10)6-5-3-4-9-7(5)6/h3-4H,2H2,1H3. The van der Waals surface area contributed by atoms with Gasteiger partial charge in [0, 0.05) is 11.8 Å². The summed E-state index contributed by atoms with van der Waals surface area (Å²) in [6.07, 6.45) is 1.69. The van der Waals surface area contributed by atoms with E-state index in [1.807, 2.05) is 6.07 Å². The van der Waals surface area contributed by atoms with Crippen molar-refractivity contribution in [2.75, 3.05) is 6.61 Å². The van der Waals surface area contributed by atoms with Gasteiger partial charge in [-0.25, -0.2) is 4.79 Å². The lowest BCUT2D eigenvalue weighted by Crippen LogP contribution is -1.99. The van der Waals surface area contributed by atoms with E-state index < -0.39 is 0 Å². The lowest BCUT2D eigenvalue weighted by atomic mass is 10.5. The Kier molecular flexibility index (Phi) is 1.18. The smallest absolute Gasteiger partial charge is 0.341 e. The summed E-state index contributed by atoms with van der Waals surface area (Å²) in [5, 5.41) is 0. The SMILES string of the molecule is CCOC(=O)c1c2ccnc1-2. The lowest BCUT2D eigenvalue weighted by molar-refractivity contribution is 0.0533. The third-order valence-corrected chi connectivity index (χ3v) is 1.62. The van der Waals surface area contributed by atoms with E-state index in [0.29, 0.717) is 12.2 Å². The van der Waals surface area contributed by atoms with Crippen LogP contribution in [0, 0.1) is 0 Å². The summed E-state index contributed by atoms with van der Waals surface area (Å²) >= 11 is 0. The molecule has 1 heterocycles. The number of rotatable bonds is 2. The summed E-state index contributed by atoms with van der Waals surface area (Å²) in [6.45, 7) is 2.21. The third kappa shape index (κ3) is 0.808. The minimum absolute atomic E-state index is 0.245. The molecule has 0 unspecified atom stereocenters. The van der Waals surface area contributed by atoms with Gasteiger partial charge >= 0.3 is 5.97 Å². The van der Waals surface area contributed by atoms with Crippen molar-refractivity contribution in [2.45, 2.75) is 6.92 Å². The van der Waals surface area contributed by atoms with E-state index in [0.717, 1.165) is 11.3 Å². The topological polar surface area (TPSA) is 39.2 Å². The van der Waals surface area contributed by atoms with Crippen molar-refractivity contribution in [1.29, 1.82) is 0 Å². The molecular formula is C8H7NO2. The van der Waals surface area contributed by atoms with Gasteiger partial charge in [-0.05, 0) is 13.0 Å². The van der Waals surface area contributed by atoms with Gasteiger partial charge in [0.15, 0.2) is 0 Å². The number of hydrogen-bond donors (Lipinski definition) is 0. The van der Waals surface area contributed by atoms with Crippen molar-refractivity contribution in [2.24, 2.45) is 0 Å². The highest BCUT2D eigenvalue weighted by Crippen LogP contribution is 2.40. The third-order valence-electron chi connectivity index (χ3n) is 1.62. The van der Waals surface area contributed by atoms with Crippen molar-refractivity contribution in [1.82, 2.24) is 4.98 Å². The van der Waals surface area contributed by atoms with E-state index in [9.17, 15) is 4.79 Å². The first-order valence-corrected chi connectivity index (χ1v) is 3.51. The van der Waals surface area contributed by atoms with Crippen molar-refractivity contribution < 1.29 is 9.53 Å². The molecule has 3 nitrogen and oxygen atoms in total. The van der Waals surface area contributed by atoms with E-state index in [4.69, 9.17) is 4.74 Å². The molecule has 0 fully saturated rings. The molecule has 0 N–H and O–H groups in total. The van der Waals surface area contributed by atoms with Gasteiger partial charge in [0.25, 0.3) is 0 Å². The molecule has 0 radical (unpaired) electrons. The molecule has 1 aliphatic heterocycles. The Balaban J connectivity index is 2.17. The molecule has 3 heteroatoms. The Morgan fingerprint density at radius 1 is 1.73 bits per heavy atom. The lowest BCUT2D eigenvalue weighted by Gasteiger charge is -1.92. The number of carbonyl (C=O) groups excluding carboxylic acids is 1. The van der Waals surface area contributed by atoms with Gasteiger partial charge in [0.05, 0.1) is 17.9 Å². The molecule has 0 aromatic heterocycles. The van der Waals surface area contributed by atoms with Crippen molar-refractivity contribution in [3.05, 3.63) is 17.8 Å². The number of esters is 1. The van der Waals surface area contributed by atoms with Crippen LogP contribution in [0.3, 0.4) is 0 Å². The van der Waals surface area contributed by atoms with Crippen LogP contribution < -0.4 is 0 Å². The molecule has 0 atom stereocenters. The van der Waals surface area contributed by atoms with Crippen molar-refractivity contribution >= 4 is 5.97 Å². The molecule has 0 saturated heterocycles. The number of carbonyl (C=O) groups is 1. The van der Waals surface area contributed by atoms with Gasteiger partial charge in [-0.3, -0.25) is 4.98 Å². The van der Waals surface area contributed by atoms with Crippen LogP contribution in [0.4, 0.5) is 0 Å². The highest BCUT2D eigenvalue weighted by Gasteiger charge is 2.32. The maximum Gasteiger partial charge on any atom is 0.341 e. The zero-order valence-corrected chi connectivity index (χ0v) is 6.13. The summed E-state index contributed by atoms with van der Waals surface area (Å²) < 4.78 is 4.79. The molecule has 0 aromatic rings. The van der Waals surface area contributed by atoms with Crippen LogP contribution in [-0.4, -0.2) is 17.6 Å². The molecule has 2 aliphatic rings. The van der Waals surface area contributed by atoms with Gasteiger partial charge in [0.2, 0.25) is 0 Å². The van der Waals surface area contributed by atoms with Gasteiger partial charge in [-0.15, -0.1) is 0 Å². The second-order valence-corrected chi connectivity index (χ2v) is 2.30. The molecule has 56 valence electrons. The first-order valence-electron chi connectivity index (χ1n) is 3.51. The fourth-order valence-electron chi connectivity index (χ4n) is 1.08. The summed E-state index contributed by atoms with van der Waals surface area (Å²) in [5.74, 6) is -0.245. The van der Waals surface area contributed by atoms with E-state index in [1.54, 1.807) is 13.1 Å². The van der Waals surface area contributed by atoms with Gasteiger partial charge in [0.1, 0.15) is 0 Å². The summed E-state index contributed by atoms with van der Waals surface area (Å²) in [5.41, 5.74) is 2.42. The molecule has 11 heavy (non-hydrogen) atoms. The molecule has 0 bridgehead atoms. The number of fused-ring (bicyclic) bond motifs is 1. The fourth-order valence-corrected chi connectivity index (χ4v) is 1.08. The highest BCUT2D eigenvalue weighted by atomic mass is 16.5. The minimum atomic E-state index is -0.245. The second kappa shape index (κ2) is 2.05. The molecule has 0 saturated carbocycles. The normalized spacial score (nSPS) is 11.0. The van der Waals surface area contributed by atoms with Crippen LogP contribution in [-0.2, 0) is 4.74 Å². The average molecular weight is 149 g/mol. The second-order valence-electron chi connectivity index (χ2n) is 2.30. The molecule has 1 aliphatic carbocycles. The first-order chi connectivity index (χ1) is 5.34. The van der Waals surface area contributed by atoms with Crippen LogP contribution >= 0.6 is 0 Å². The maximum absolute atomic E-state index is 11.0. The molecule has 2 rings (SSSR count). The molecule has 0 spiro atoms.